The Labute approximate surface area is 167 Å². The van der Waals surface area contributed by atoms with E-state index in [1.807, 2.05) is 48.5 Å². The number of hydrogen-bond acceptors (Lipinski definition) is 8. The van der Waals surface area contributed by atoms with Crippen molar-refractivity contribution in [2.24, 2.45) is 0 Å². The predicted molar refractivity (Wildman–Crippen MR) is 103 cm³/mol. The van der Waals surface area contributed by atoms with Crippen molar-refractivity contribution in [3.05, 3.63) is 58.9 Å². The number of benzene rings is 2. The average Bonchev–Trinajstić information content (AvgIpc) is 3.37. The molecule has 0 spiro atoms. The largest absolute Gasteiger partial charge is 0.497 e. The van der Waals surface area contributed by atoms with Gasteiger partial charge in [0, 0.05) is 15.6 Å². The van der Waals surface area contributed by atoms with E-state index in [9.17, 15) is 0 Å². The average molecular weight is 445 g/mol. The summed E-state index contributed by atoms with van der Waals surface area (Å²) in [7, 11) is 1.62. The number of aromatic nitrogens is 4. The van der Waals surface area contributed by atoms with Crippen LogP contribution in [-0.2, 0) is 5.75 Å². The van der Waals surface area contributed by atoms with Gasteiger partial charge < -0.3 is 13.6 Å². The molecule has 0 aliphatic carbocycles. The Hall–Kier alpha value is -2.65. The summed E-state index contributed by atoms with van der Waals surface area (Å²) >= 11 is 4.74. The molecule has 2 heterocycles. The fraction of sp³-hybridized carbons (Fsp3) is 0.111. The van der Waals surface area contributed by atoms with E-state index in [0.29, 0.717) is 28.6 Å². The summed E-state index contributed by atoms with van der Waals surface area (Å²) < 4.78 is 17.5. The van der Waals surface area contributed by atoms with Crippen LogP contribution in [-0.4, -0.2) is 27.5 Å². The minimum atomic E-state index is 0.434. The molecule has 0 radical (unpaired) electrons. The van der Waals surface area contributed by atoms with Crippen LogP contribution in [0.2, 0.25) is 0 Å². The Balaban J connectivity index is 1.40. The first-order chi connectivity index (χ1) is 13.2. The quantitative estimate of drug-likeness (QED) is 0.390. The topological polar surface area (TPSA) is 87.1 Å². The molecule has 136 valence electrons. The van der Waals surface area contributed by atoms with Crippen LogP contribution in [0.3, 0.4) is 0 Å². The van der Waals surface area contributed by atoms with Gasteiger partial charge in [-0.1, -0.05) is 27.7 Å². The maximum absolute atomic E-state index is 5.69. The molecule has 0 atom stereocenters. The molecule has 7 nitrogen and oxygen atoms in total. The van der Waals surface area contributed by atoms with Crippen molar-refractivity contribution in [1.29, 1.82) is 0 Å². The molecule has 9 heteroatoms. The second-order valence-electron chi connectivity index (χ2n) is 5.40. The number of thioether (sulfide) groups is 1. The SMILES string of the molecule is COc1ccc(-c2nnc(SCc3nnc(-c4ccc(Br)cc4)o3)o2)cc1. The molecule has 27 heavy (non-hydrogen) atoms. The molecule has 0 bridgehead atoms. The van der Waals surface area contributed by atoms with Crippen LogP contribution in [0.4, 0.5) is 0 Å². The van der Waals surface area contributed by atoms with Crippen LogP contribution in [0, 0.1) is 0 Å². The Bertz CT molecular complexity index is 1030. The second-order valence-corrected chi connectivity index (χ2v) is 7.24. The highest BCUT2D eigenvalue weighted by atomic mass is 79.9. The molecule has 2 aromatic heterocycles. The fourth-order valence-electron chi connectivity index (χ4n) is 2.26. The molecule has 0 aliphatic rings. The van der Waals surface area contributed by atoms with Gasteiger partial charge in [-0.25, -0.2) is 0 Å². The highest BCUT2D eigenvalue weighted by Crippen LogP contribution is 2.27. The molecule has 4 rings (SSSR count). The van der Waals surface area contributed by atoms with Gasteiger partial charge >= 0.3 is 0 Å². The van der Waals surface area contributed by atoms with Gasteiger partial charge in [0.25, 0.3) is 5.22 Å². The summed E-state index contributed by atoms with van der Waals surface area (Å²) in [4.78, 5) is 0. The summed E-state index contributed by atoms with van der Waals surface area (Å²) in [6.45, 7) is 0. The van der Waals surface area contributed by atoms with Crippen LogP contribution < -0.4 is 4.74 Å². The maximum atomic E-state index is 5.69. The third kappa shape index (κ3) is 4.20. The number of halogens is 1. The van der Waals surface area contributed by atoms with Crippen LogP contribution in [0.5, 0.6) is 5.75 Å². The zero-order chi connectivity index (χ0) is 18.6. The Morgan fingerprint density at radius 1 is 0.852 bits per heavy atom. The predicted octanol–water partition coefficient (Wildman–Crippen LogP) is 4.85. The first kappa shape index (κ1) is 17.7. The summed E-state index contributed by atoms with van der Waals surface area (Å²) in [6, 6.07) is 15.1. The van der Waals surface area contributed by atoms with E-state index >= 15 is 0 Å². The molecule has 0 N–H and O–H groups in total. The number of ether oxygens (including phenoxy) is 1. The summed E-state index contributed by atoms with van der Waals surface area (Å²) in [6.07, 6.45) is 0. The third-order valence-electron chi connectivity index (χ3n) is 3.62. The van der Waals surface area contributed by atoms with Gasteiger partial charge in [-0.05, 0) is 48.5 Å². The lowest BCUT2D eigenvalue weighted by molar-refractivity contribution is 0.414. The Kier molecular flexibility index (Phi) is 5.21. The monoisotopic (exact) mass is 444 g/mol. The van der Waals surface area contributed by atoms with Gasteiger partial charge in [-0.15, -0.1) is 20.4 Å². The molecule has 0 saturated heterocycles. The Morgan fingerprint density at radius 2 is 1.48 bits per heavy atom. The zero-order valence-electron chi connectivity index (χ0n) is 14.1. The zero-order valence-corrected chi connectivity index (χ0v) is 16.5. The first-order valence-corrected chi connectivity index (χ1v) is 9.68. The number of hydrogen-bond donors (Lipinski definition) is 0. The lowest BCUT2D eigenvalue weighted by Crippen LogP contribution is -1.82. The smallest absolute Gasteiger partial charge is 0.277 e. The third-order valence-corrected chi connectivity index (χ3v) is 4.95. The minimum absolute atomic E-state index is 0.434. The molecule has 2 aromatic carbocycles. The molecule has 4 aromatic rings. The molecule has 0 unspecified atom stereocenters. The molecule has 0 fully saturated rings. The van der Waals surface area contributed by atoms with Gasteiger partial charge in [0.15, 0.2) is 0 Å². The first-order valence-electron chi connectivity index (χ1n) is 7.90. The molecule has 0 aliphatic heterocycles. The highest BCUT2D eigenvalue weighted by molar-refractivity contribution is 9.10. The van der Waals surface area contributed by atoms with Gasteiger partial charge in [-0.3, -0.25) is 0 Å². The van der Waals surface area contributed by atoms with Crippen molar-refractivity contribution in [1.82, 2.24) is 20.4 Å². The van der Waals surface area contributed by atoms with E-state index in [1.54, 1.807) is 7.11 Å². The van der Waals surface area contributed by atoms with E-state index in [1.165, 1.54) is 11.8 Å². The summed E-state index contributed by atoms with van der Waals surface area (Å²) in [5, 5.41) is 16.7. The molecular formula is C18H13BrN4O3S. The summed E-state index contributed by atoms with van der Waals surface area (Å²) in [5.41, 5.74) is 1.69. The normalized spacial score (nSPS) is 10.9. The maximum Gasteiger partial charge on any atom is 0.277 e. The number of nitrogens with zero attached hydrogens (tertiary/aromatic N) is 4. The van der Waals surface area contributed by atoms with Crippen LogP contribution >= 0.6 is 27.7 Å². The van der Waals surface area contributed by atoms with Crippen molar-refractivity contribution < 1.29 is 13.6 Å². The lowest BCUT2D eigenvalue weighted by atomic mass is 10.2. The van der Waals surface area contributed by atoms with Crippen molar-refractivity contribution in [2.45, 2.75) is 11.0 Å². The van der Waals surface area contributed by atoms with E-state index in [4.69, 9.17) is 13.6 Å². The molecular weight excluding hydrogens is 432 g/mol. The standard InChI is InChI=1S/C18H13BrN4O3S/c1-24-14-8-4-12(5-9-14)17-22-23-18(26-17)27-10-15-20-21-16(25-15)11-2-6-13(19)7-3-11/h2-9H,10H2,1H3. The minimum Gasteiger partial charge on any atom is -0.497 e. The highest BCUT2D eigenvalue weighted by Gasteiger charge is 2.13. The van der Waals surface area contributed by atoms with E-state index in [-0.39, 0.29) is 0 Å². The van der Waals surface area contributed by atoms with E-state index in [0.717, 1.165) is 21.3 Å². The van der Waals surface area contributed by atoms with E-state index < -0.39 is 0 Å². The van der Waals surface area contributed by atoms with Crippen LogP contribution in [0.15, 0.2) is 67.1 Å². The van der Waals surface area contributed by atoms with Crippen molar-refractivity contribution >= 4 is 27.7 Å². The van der Waals surface area contributed by atoms with Crippen molar-refractivity contribution in [3.63, 3.8) is 0 Å². The van der Waals surface area contributed by atoms with Gasteiger partial charge in [0.1, 0.15) is 5.75 Å². The van der Waals surface area contributed by atoms with Crippen LogP contribution in [0.25, 0.3) is 22.9 Å². The fourth-order valence-corrected chi connectivity index (χ4v) is 3.13. The van der Waals surface area contributed by atoms with Gasteiger partial charge in [0.2, 0.25) is 17.7 Å². The Morgan fingerprint density at radius 3 is 2.19 bits per heavy atom. The van der Waals surface area contributed by atoms with Gasteiger partial charge in [0.05, 0.1) is 12.9 Å². The van der Waals surface area contributed by atoms with Crippen LogP contribution in [0.1, 0.15) is 5.89 Å². The lowest BCUT2D eigenvalue weighted by Gasteiger charge is -1.99. The number of methoxy groups -OCH3 is 1. The van der Waals surface area contributed by atoms with Gasteiger partial charge in [-0.2, -0.15) is 0 Å². The molecule has 0 saturated carbocycles. The number of rotatable bonds is 6. The summed E-state index contributed by atoms with van der Waals surface area (Å²) in [5.74, 6) is 2.62. The van der Waals surface area contributed by atoms with Crippen molar-refractivity contribution in [3.8, 4) is 28.7 Å². The van der Waals surface area contributed by atoms with Crippen molar-refractivity contribution in [2.75, 3.05) is 7.11 Å². The molecule has 0 amide bonds. The second kappa shape index (κ2) is 7.93. The van der Waals surface area contributed by atoms with E-state index in [2.05, 4.69) is 36.3 Å².